The number of hydrogen-bond acceptors (Lipinski definition) is 12. The van der Waals surface area contributed by atoms with Crippen molar-refractivity contribution in [2.24, 2.45) is 0 Å². The fourth-order valence-electron chi connectivity index (χ4n) is 5.16. The number of pyridine rings is 1. The fourth-order valence-corrected chi connectivity index (χ4v) is 6.87. The monoisotopic (exact) mass is 668 g/mol. The maximum Gasteiger partial charge on any atom is 0.412 e. The van der Waals surface area contributed by atoms with E-state index in [1.807, 2.05) is 30.3 Å². The Bertz CT molecular complexity index is 1590. The largest absolute Gasteiger partial charge is 0.497 e. The zero-order valence-corrected chi connectivity index (χ0v) is 27.0. The maximum atomic E-state index is 14.2. The molecule has 2 aliphatic heterocycles. The van der Waals surface area contributed by atoms with Crippen molar-refractivity contribution < 1.29 is 38.2 Å². The summed E-state index contributed by atoms with van der Waals surface area (Å²) < 4.78 is 27.5. The molecule has 2 aliphatic rings. The van der Waals surface area contributed by atoms with Crippen LogP contribution in [0.1, 0.15) is 22.3 Å². The molecule has 1 aromatic heterocycles. The van der Waals surface area contributed by atoms with Crippen LogP contribution in [0.4, 0.5) is 10.5 Å². The van der Waals surface area contributed by atoms with Gasteiger partial charge in [0.15, 0.2) is 17.7 Å². The summed E-state index contributed by atoms with van der Waals surface area (Å²) >= 11 is 0. The normalized spacial score (nSPS) is 17.4. The van der Waals surface area contributed by atoms with Crippen LogP contribution in [0.5, 0.6) is 17.2 Å². The number of methoxy groups -OCH3 is 3. The van der Waals surface area contributed by atoms with Gasteiger partial charge < -0.3 is 28.6 Å². The van der Waals surface area contributed by atoms with Gasteiger partial charge in [-0.25, -0.2) is 9.78 Å². The molecular formula is C31H32N4O9S2. The van der Waals surface area contributed by atoms with Gasteiger partial charge in [-0.15, -0.1) is 0 Å². The molecule has 2 amide bonds. The SMILES string of the molecule is COc1ccc(C2=CN(C(=O)c3cc(OC)c(OC)cc3[N+](=O)[O-])[C@H](C3OCCN3C(=O)OCCSSc3ccccn3)C2)cc1. The minimum atomic E-state index is -0.863. The van der Waals surface area contributed by atoms with Crippen molar-refractivity contribution in [3.8, 4) is 17.2 Å². The molecule has 242 valence electrons. The van der Waals surface area contributed by atoms with E-state index in [1.165, 1.54) is 51.7 Å². The number of ether oxygens (including phenoxy) is 5. The number of aromatic nitrogens is 1. The van der Waals surface area contributed by atoms with Crippen LogP contribution in [-0.4, -0.2) is 90.8 Å². The van der Waals surface area contributed by atoms with Gasteiger partial charge in [0.25, 0.3) is 11.6 Å². The molecule has 1 fully saturated rings. The Kier molecular flexibility index (Phi) is 10.9. The van der Waals surface area contributed by atoms with Gasteiger partial charge in [-0.05, 0) is 52.6 Å². The lowest BCUT2D eigenvalue weighted by atomic mass is 10.0. The summed E-state index contributed by atoms with van der Waals surface area (Å²) in [5.74, 6) is 0.813. The molecule has 0 bridgehead atoms. The van der Waals surface area contributed by atoms with E-state index in [4.69, 9.17) is 23.7 Å². The van der Waals surface area contributed by atoms with Gasteiger partial charge in [-0.2, -0.15) is 0 Å². The zero-order valence-electron chi connectivity index (χ0n) is 25.3. The fraction of sp³-hybridized carbons (Fsp3) is 0.323. The van der Waals surface area contributed by atoms with Gasteiger partial charge in [0.05, 0.1) is 51.5 Å². The van der Waals surface area contributed by atoms with Gasteiger partial charge >= 0.3 is 6.09 Å². The second kappa shape index (κ2) is 15.2. The van der Waals surface area contributed by atoms with Crippen molar-refractivity contribution in [1.29, 1.82) is 0 Å². The second-order valence-electron chi connectivity index (χ2n) is 9.99. The summed E-state index contributed by atoms with van der Waals surface area (Å²) in [7, 11) is 7.30. The zero-order chi connectivity index (χ0) is 32.6. The molecular weight excluding hydrogens is 636 g/mol. The van der Waals surface area contributed by atoms with Crippen LogP contribution in [-0.2, 0) is 9.47 Å². The van der Waals surface area contributed by atoms with Crippen LogP contribution < -0.4 is 14.2 Å². The Labute approximate surface area is 273 Å². The third kappa shape index (κ3) is 7.32. The average Bonchev–Trinajstić information content (AvgIpc) is 3.75. The Morgan fingerprint density at radius 1 is 1.07 bits per heavy atom. The highest BCUT2D eigenvalue weighted by Crippen LogP contribution is 2.40. The quantitative estimate of drug-likeness (QED) is 0.104. The first-order chi connectivity index (χ1) is 22.3. The van der Waals surface area contributed by atoms with Crippen molar-refractivity contribution in [2.45, 2.75) is 23.7 Å². The first-order valence-corrected chi connectivity index (χ1v) is 16.5. The molecule has 2 atom stereocenters. The van der Waals surface area contributed by atoms with Gasteiger partial charge in [0, 0.05) is 24.2 Å². The van der Waals surface area contributed by atoms with E-state index < -0.39 is 34.9 Å². The third-order valence-electron chi connectivity index (χ3n) is 7.37. The number of amides is 2. The molecule has 13 nitrogen and oxygen atoms in total. The molecule has 0 saturated carbocycles. The van der Waals surface area contributed by atoms with Crippen molar-refractivity contribution in [3.05, 3.63) is 88.2 Å². The Morgan fingerprint density at radius 3 is 2.50 bits per heavy atom. The Hall–Kier alpha value is -4.47. The van der Waals surface area contributed by atoms with Crippen LogP contribution in [0.2, 0.25) is 0 Å². The van der Waals surface area contributed by atoms with E-state index in [1.54, 1.807) is 31.6 Å². The molecule has 1 unspecified atom stereocenters. The third-order valence-corrected chi connectivity index (χ3v) is 9.60. The number of hydrogen-bond donors (Lipinski definition) is 0. The van der Waals surface area contributed by atoms with Crippen molar-refractivity contribution in [2.75, 3.05) is 46.8 Å². The number of carbonyl (C=O) groups excluding carboxylic acids is 2. The van der Waals surface area contributed by atoms with Crippen molar-refractivity contribution in [3.63, 3.8) is 0 Å². The topological polar surface area (TPSA) is 143 Å². The standard InChI is InChI=1S/C31H32N4O9S2/c1-40-22-9-7-20(8-10-22)21-16-25(34(19-21)29(36)23-17-26(41-2)27(42-3)18-24(23)35(38)39)30-33(12-13-43-30)31(37)44-14-15-45-46-28-6-4-5-11-32-28/h4-11,17-19,25,30H,12-16H2,1-3H3/t25-,30?/m0/s1. The van der Waals surface area contributed by atoms with E-state index in [9.17, 15) is 19.7 Å². The van der Waals surface area contributed by atoms with E-state index in [0.29, 0.717) is 17.9 Å². The molecule has 1 saturated heterocycles. The van der Waals surface area contributed by atoms with Crippen LogP contribution in [0.15, 0.2) is 72.0 Å². The summed E-state index contributed by atoms with van der Waals surface area (Å²) in [6.07, 6.45) is 2.23. The molecule has 3 heterocycles. The number of nitro groups is 1. The highest BCUT2D eigenvalue weighted by molar-refractivity contribution is 8.76. The van der Waals surface area contributed by atoms with Crippen LogP contribution in [0.25, 0.3) is 5.57 Å². The van der Waals surface area contributed by atoms with E-state index >= 15 is 0 Å². The van der Waals surface area contributed by atoms with Crippen LogP contribution in [0, 0.1) is 10.1 Å². The first-order valence-electron chi connectivity index (χ1n) is 14.2. The Morgan fingerprint density at radius 2 is 1.83 bits per heavy atom. The number of nitro benzene ring substituents is 1. The lowest BCUT2D eigenvalue weighted by Gasteiger charge is -2.32. The van der Waals surface area contributed by atoms with E-state index in [-0.39, 0.29) is 36.8 Å². The number of carbonyl (C=O) groups is 2. The lowest BCUT2D eigenvalue weighted by Crippen LogP contribution is -2.50. The smallest absolute Gasteiger partial charge is 0.412 e. The highest BCUT2D eigenvalue weighted by Gasteiger charge is 2.45. The van der Waals surface area contributed by atoms with Gasteiger partial charge in [-0.3, -0.25) is 19.8 Å². The average molecular weight is 669 g/mol. The molecule has 0 spiro atoms. The van der Waals surface area contributed by atoms with Gasteiger partial charge in [0.2, 0.25) is 0 Å². The van der Waals surface area contributed by atoms with E-state index in [2.05, 4.69) is 4.98 Å². The minimum Gasteiger partial charge on any atom is -0.497 e. The number of benzene rings is 2. The number of rotatable bonds is 12. The Balaban J connectivity index is 1.38. The molecule has 46 heavy (non-hydrogen) atoms. The lowest BCUT2D eigenvalue weighted by molar-refractivity contribution is -0.385. The minimum absolute atomic E-state index is 0.114. The van der Waals surface area contributed by atoms with Gasteiger partial charge in [-0.1, -0.05) is 29.0 Å². The summed E-state index contributed by atoms with van der Waals surface area (Å²) in [6.45, 7) is 0.649. The molecule has 2 aromatic carbocycles. The van der Waals surface area contributed by atoms with Crippen molar-refractivity contribution in [1.82, 2.24) is 14.8 Å². The molecule has 5 rings (SSSR count). The summed E-state index contributed by atoms with van der Waals surface area (Å²) in [5.41, 5.74) is 0.945. The van der Waals surface area contributed by atoms with Crippen LogP contribution >= 0.6 is 21.6 Å². The summed E-state index contributed by atoms with van der Waals surface area (Å²) in [6, 6.07) is 14.7. The molecule has 0 radical (unpaired) electrons. The second-order valence-corrected chi connectivity index (χ2v) is 12.4. The molecule has 15 heteroatoms. The van der Waals surface area contributed by atoms with Gasteiger partial charge in [0.1, 0.15) is 22.9 Å². The predicted molar refractivity (Wildman–Crippen MR) is 172 cm³/mol. The number of nitrogens with zero attached hydrogens (tertiary/aromatic N) is 4. The summed E-state index contributed by atoms with van der Waals surface area (Å²) in [5, 5.41) is 12.9. The van der Waals surface area contributed by atoms with Crippen molar-refractivity contribution >= 4 is 44.8 Å². The molecule has 0 N–H and O–H groups in total. The highest BCUT2D eigenvalue weighted by atomic mass is 33.1. The molecule has 0 aliphatic carbocycles. The first kappa shape index (κ1) is 32.9. The van der Waals surface area contributed by atoms with E-state index in [0.717, 1.165) is 22.2 Å². The molecule has 3 aromatic rings. The predicted octanol–water partition coefficient (Wildman–Crippen LogP) is 5.51. The maximum absolute atomic E-state index is 14.2. The summed E-state index contributed by atoms with van der Waals surface area (Å²) in [4.78, 5) is 46.0. The van der Waals surface area contributed by atoms with Crippen LogP contribution in [0.3, 0.4) is 0 Å².